The molecule has 6 nitrogen and oxygen atoms in total. The third-order valence-corrected chi connectivity index (χ3v) is 7.76. The maximum Gasteiger partial charge on any atom is 0.341 e. The Morgan fingerprint density at radius 3 is 2.70 bits per heavy atom. The summed E-state index contributed by atoms with van der Waals surface area (Å²) in [5, 5.41) is 12.4. The molecule has 2 aromatic rings. The molecule has 0 bridgehead atoms. The van der Waals surface area contributed by atoms with Crippen molar-refractivity contribution >= 4 is 51.3 Å². The Kier molecular flexibility index (Phi) is 7.65. The number of carboxylic acid groups (broad SMARTS) is 1. The second-order valence-electron chi connectivity index (χ2n) is 8.40. The van der Waals surface area contributed by atoms with Crippen molar-refractivity contribution in [2.75, 3.05) is 11.9 Å². The molecule has 174 valence electrons. The molecule has 1 saturated carbocycles. The maximum atomic E-state index is 13.6. The highest BCUT2D eigenvalue weighted by molar-refractivity contribution is 9.10. The topological polar surface area (TPSA) is 78.9 Å². The molecular weight excluding hydrogens is 504 g/mol. The zero-order valence-corrected chi connectivity index (χ0v) is 20.8. The number of halogens is 1. The number of nitrogens with one attached hydrogen (secondary N) is 1. The van der Waals surface area contributed by atoms with Gasteiger partial charge in [-0.15, -0.1) is 0 Å². The number of hydrogen-bond acceptors (Lipinski definition) is 5. The Labute approximate surface area is 206 Å². The van der Waals surface area contributed by atoms with Crippen molar-refractivity contribution < 1.29 is 19.4 Å². The van der Waals surface area contributed by atoms with Crippen molar-refractivity contribution in [1.29, 1.82) is 0 Å². The van der Waals surface area contributed by atoms with E-state index in [1.807, 2.05) is 53.4 Å². The van der Waals surface area contributed by atoms with Crippen LogP contribution in [0.4, 0.5) is 5.69 Å². The predicted molar refractivity (Wildman–Crippen MR) is 135 cm³/mol. The highest BCUT2D eigenvalue weighted by Gasteiger charge is 2.42. The fraction of sp³-hybridized carbons (Fsp3) is 0.360. The number of carbonyl (C=O) groups excluding carboxylic acids is 1. The largest absolute Gasteiger partial charge is 0.481 e. The number of carbonyl (C=O) groups is 2. The normalized spacial score (nSPS) is 24.2. The number of para-hydroxylation sites is 1. The molecule has 2 fully saturated rings. The van der Waals surface area contributed by atoms with E-state index >= 15 is 0 Å². The van der Waals surface area contributed by atoms with E-state index in [0.717, 1.165) is 30.5 Å². The average Bonchev–Trinajstić information content (AvgIpc) is 3.08. The summed E-state index contributed by atoms with van der Waals surface area (Å²) >= 11 is 4.98. The van der Waals surface area contributed by atoms with Crippen LogP contribution in [0.15, 0.2) is 57.9 Å². The number of benzene rings is 2. The summed E-state index contributed by atoms with van der Waals surface area (Å²) in [7, 11) is 0. The summed E-state index contributed by atoms with van der Waals surface area (Å²) in [5.74, 6) is -0.0710. The van der Waals surface area contributed by atoms with Crippen LogP contribution in [0.3, 0.4) is 0 Å². The lowest BCUT2D eigenvalue weighted by atomic mass is 9.85. The Hall–Kier alpha value is -2.45. The first-order chi connectivity index (χ1) is 15.9. The molecule has 0 aromatic heterocycles. The van der Waals surface area contributed by atoms with Crippen molar-refractivity contribution in [2.45, 2.75) is 44.1 Å². The summed E-state index contributed by atoms with van der Waals surface area (Å²) in [4.78, 5) is 27.1. The van der Waals surface area contributed by atoms with Crippen molar-refractivity contribution in [3.05, 3.63) is 63.5 Å². The van der Waals surface area contributed by atoms with Crippen LogP contribution in [0.5, 0.6) is 5.75 Å². The summed E-state index contributed by atoms with van der Waals surface area (Å²) in [6.45, 7) is 1.84. The highest BCUT2D eigenvalue weighted by Crippen LogP contribution is 2.42. The number of hydrogen-bond donors (Lipinski definition) is 2. The molecule has 0 spiro atoms. The number of aliphatic carboxylic acids is 1. The minimum Gasteiger partial charge on any atom is -0.481 e. The third-order valence-electron chi connectivity index (χ3n) is 6.03. The van der Waals surface area contributed by atoms with Gasteiger partial charge in [0.05, 0.1) is 9.38 Å². The minimum atomic E-state index is -1.03. The van der Waals surface area contributed by atoms with Crippen LogP contribution in [-0.2, 0) is 9.59 Å². The zero-order valence-electron chi connectivity index (χ0n) is 18.4. The van der Waals surface area contributed by atoms with E-state index in [-0.39, 0.29) is 17.4 Å². The molecule has 1 aliphatic carbocycles. The summed E-state index contributed by atoms with van der Waals surface area (Å²) < 4.78 is 5.92. The number of ether oxygens (including phenoxy) is 1. The van der Waals surface area contributed by atoms with Gasteiger partial charge in [-0.1, -0.05) is 55.8 Å². The molecule has 2 aliphatic rings. The second-order valence-corrected chi connectivity index (χ2v) is 10.4. The van der Waals surface area contributed by atoms with Gasteiger partial charge >= 0.3 is 5.97 Å². The van der Waals surface area contributed by atoms with Gasteiger partial charge in [0.25, 0.3) is 5.91 Å². The van der Waals surface area contributed by atoms with Crippen molar-refractivity contribution in [3.8, 4) is 5.75 Å². The van der Waals surface area contributed by atoms with Crippen LogP contribution in [-0.4, -0.2) is 40.0 Å². The van der Waals surface area contributed by atoms with Crippen LogP contribution in [0.2, 0.25) is 0 Å². The first-order valence-corrected chi connectivity index (χ1v) is 12.8. The number of thioether (sulfide) groups is 1. The third kappa shape index (κ3) is 5.73. The van der Waals surface area contributed by atoms with Crippen LogP contribution in [0, 0.1) is 5.92 Å². The van der Waals surface area contributed by atoms with Crippen LogP contribution < -0.4 is 10.1 Å². The minimum absolute atomic E-state index is 0.0505. The van der Waals surface area contributed by atoms with Gasteiger partial charge in [-0.25, -0.2) is 4.79 Å². The van der Waals surface area contributed by atoms with Gasteiger partial charge < -0.3 is 20.1 Å². The van der Waals surface area contributed by atoms with Gasteiger partial charge in [-0.05, 0) is 70.6 Å². The van der Waals surface area contributed by atoms with Crippen molar-refractivity contribution in [1.82, 2.24) is 4.90 Å². The SMILES string of the molecule is C[C@@H]1CCCC[C@@H]1N1C(=O)/C(=C/c2ccc(OCC(=O)O)c(Br)c2)SC1Nc1ccccc1. The number of amides is 1. The molecular formula is C25H27BrN2O4S. The van der Waals surface area contributed by atoms with Crippen molar-refractivity contribution in [3.63, 3.8) is 0 Å². The van der Waals surface area contributed by atoms with E-state index in [9.17, 15) is 9.59 Å². The van der Waals surface area contributed by atoms with E-state index in [2.05, 4.69) is 28.2 Å². The van der Waals surface area contributed by atoms with Crippen LogP contribution >= 0.6 is 27.7 Å². The van der Waals surface area contributed by atoms with Gasteiger partial charge in [-0.3, -0.25) is 4.79 Å². The quantitative estimate of drug-likeness (QED) is 0.440. The Morgan fingerprint density at radius 2 is 2.00 bits per heavy atom. The molecule has 2 N–H and O–H groups in total. The Balaban J connectivity index is 1.59. The fourth-order valence-electron chi connectivity index (χ4n) is 4.38. The molecule has 1 heterocycles. The van der Waals surface area contributed by atoms with E-state index in [1.54, 1.807) is 6.07 Å². The lowest BCUT2D eigenvalue weighted by Gasteiger charge is -2.39. The van der Waals surface area contributed by atoms with Gasteiger partial charge in [0.1, 0.15) is 5.75 Å². The number of anilines is 1. The maximum absolute atomic E-state index is 13.6. The monoisotopic (exact) mass is 530 g/mol. The summed E-state index contributed by atoms with van der Waals surface area (Å²) in [6.07, 6.45) is 6.42. The molecule has 2 aromatic carbocycles. The second kappa shape index (κ2) is 10.7. The first kappa shape index (κ1) is 23.7. The van der Waals surface area contributed by atoms with Gasteiger partial charge in [0.2, 0.25) is 0 Å². The predicted octanol–water partition coefficient (Wildman–Crippen LogP) is 5.80. The highest BCUT2D eigenvalue weighted by atomic mass is 79.9. The first-order valence-electron chi connectivity index (χ1n) is 11.1. The zero-order chi connectivity index (χ0) is 23.4. The van der Waals surface area contributed by atoms with E-state index in [0.29, 0.717) is 21.0 Å². The lowest BCUT2D eigenvalue weighted by molar-refractivity contribution is -0.139. The Morgan fingerprint density at radius 1 is 1.24 bits per heavy atom. The van der Waals surface area contributed by atoms with Crippen molar-refractivity contribution in [2.24, 2.45) is 5.92 Å². The summed E-state index contributed by atoms with van der Waals surface area (Å²) in [6, 6.07) is 15.6. The molecule has 0 radical (unpaired) electrons. The molecule has 1 saturated heterocycles. The molecule has 1 amide bonds. The molecule has 3 atom stereocenters. The van der Waals surface area contributed by atoms with Crippen LogP contribution in [0.25, 0.3) is 6.08 Å². The number of rotatable bonds is 7. The number of carboxylic acids is 1. The van der Waals surface area contributed by atoms with E-state index in [1.165, 1.54) is 18.2 Å². The Bertz CT molecular complexity index is 1050. The molecule has 1 unspecified atom stereocenters. The molecule has 8 heteroatoms. The van der Waals surface area contributed by atoms with E-state index in [4.69, 9.17) is 9.84 Å². The van der Waals surface area contributed by atoms with Gasteiger partial charge in [0, 0.05) is 11.7 Å². The molecule has 33 heavy (non-hydrogen) atoms. The smallest absolute Gasteiger partial charge is 0.341 e. The van der Waals surface area contributed by atoms with E-state index < -0.39 is 12.6 Å². The molecule has 1 aliphatic heterocycles. The lowest BCUT2D eigenvalue weighted by Crippen LogP contribution is -2.48. The fourth-order valence-corrected chi connectivity index (χ4v) is 6.10. The van der Waals surface area contributed by atoms with Gasteiger partial charge in [-0.2, -0.15) is 0 Å². The van der Waals surface area contributed by atoms with Crippen LogP contribution in [0.1, 0.15) is 38.2 Å². The average molecular weight is 531 g/mol. The standard InChI is InChI=1S/C25H27BrN2O4S/c1-16-7-5-6-10-20(16)28-24(31)22(33-25(28)27-18-8-3-2-4-9-18)14-17-11-12-21(19(26)13-17)32-15-23(29)30/h2-4,8-9,11-14,16,20,25,27H,5-7,10,15H2,1H3,(H,29,30)/b22-14-/t16-,20+,25?/m1/s1. The molecule has 4 rings (SSSR count). The summed E-state index contributed by atoms with van der Waals surface area (Å²) in [5.41, 5.74) is 1.66. The number of nitrogens with zero attached hydrogens (tertiary/aromatic N) is 1. The van der Waals surface area contributed by atoms with Gasteiger partial charge in [0.15, 0.2) is 12.1 Å².